The van der Waals surface area contributed by atoms with Gasteiger partial charge in [-0.1, -0.05) is 6.07 Å². The molecule has 0 radical (unpaired) electrons. The first kappa shape index (κ1) is 17.9. The van der Waals surface area contributed by atoms with Crippen LogP contribution in [0.5, 0.6) is 0 Å². The van der Waals surface area contributed by atoms with E-state index in [1.165, 1.54) is 16.2 Å². The van der Waals surface area contributed by atoms with Crippen LogP contribution >= 0.6 is 23.7 Å². The van der Waals surface area contributed by atoms with Crippen LogP contribution in [0.25, 0.3) is 0 Å². The van der Waals surface area contributed by atoms with Crippen molar-refractivity contribution in [2.45, 2.75) is 18.9 Å². The molecule has 1 aromatic heterocycles. The van der Waals surface area contributed by atoms with Gasteiger partial charge in [-0.25, -0.2) is 0 Å². The third-order valence-corrected chi connectivity index (χ3v) is 4.49. The van der Waals surface area contributed by atoms with Crippen LogP contribution in [0.1, 0.15) is 22.5 Å². The van der Waals surface area contributed by atoms with Gasteiger partial charge >= 0.3 is 0 Å². The first-order valence-corrected chi connectivity index (χ1v) is 7.73. The standard InChI is InChI=1S/C14H21N3O2S.ClH/c1-15-11-5-3-7-17(9-11)13(18)10-16(2)14(19)12-6-4-8-20-12;/h4,6,8,11,15H,3,5,7,9-10H2,1-2H3;1H. The Bertz CT molecular complexity index is 467. The number of likely N-dealkylation sites (N-methyl/N-ethyl adjacent to an activating group) is 2. The number of hydrogen-bond acceptors (Lipinski definition) is 4. The lowest BCUT2D eigenvalue weighted by molar-refractivity contribution is -0.133. The third kappa shape index (κ3) is 4.69. The summed E-state index contributed by atoms with van der Waals surface area (Å²) in [6, 6.07) is 3.99. The second-order valence-corrected chi connectivity index (χ2v) is 6.05. The van der Waals surface area contributed by atoms with Crippen molar-refractivity contribution in [2.24, 2.45) is 0 Å². The van der Waals surface area contributed by atoms with Gasteiger partial charge in [-0.15, -0.1) is 23.7 Å². The Morgan fingerprint density at radius 2 is 2.29 bits per heavy atom. The minimum atomic E-state index is -0.0875. The van der Waals surface area contributed by atoms with Crippen molar-refractivity contribution in [1.82, 2.24) is 15.1 Å². The molecule has 0 spiro atoms. The van der Waals surface area contributed by atoms with E-state index in [4.69, 9.17) is 0 Å². The Kier molecular flexibility index (Phi) is 7.14. The smallest absolute Gasteiger partial charge is 0.264 e. The average molecular weight is 332 g/mol. The van der Waals surface area contributed by atoms with E-state index in [1.54, 1.807) is 13.1 Å². The summed E-state index contributed by atoms with van der Waals surface area (Å²) >= 11 is 1.40. The normalized spacial score (nSPS) is 18.0. The maximum Gasteiger partial charge on any atom is 0.264 e. The zero-order chi connectivity index (χ0) is 14.5. The molecule has 5 nitrogen and oxygen atoms in total. The van der Waals surface area contributed by atoms with Gasteiger partial charge in [0.15, 0.2) is 0 Å². The molecule has 2 rings (SSSR count). The largest absolute Gasteiger partial charge is 0.340 e. The van der Waals surface area contributed by atoms with Crippen LogP contribution in [0.3, 0.4) is 0 Å². The lowest BCUT2D eigenvalue weighted by Gasteiger charge is -2.33. The number of nitrogens with one attached hydrogen (secondary N) is 1. The molecule has 2 amide bonds. The quantitative estimate of drug-likeness (QED) is 0.908. The number of likely N-dealkylation sites (tertiary alicyclic amines) is 1. The molecule has 1 atom stereocenters. The van der Waals surface area contributed by atoms with Gasteiger partial charge < -0.3 is 15.1 Å². The van der Waals surface area contributed by atoms with Gasteiger partial charge in [-0.2, -0.15) is 0 Å². The summed E-state index contributed by atoms with van der Waals surface area (Å²) in [5.74, 6) is -0.0621. The molecule has 1 saturated heterocycles. The zero-order valence-electron chi connectivity index (χ0n) is 12.4. The first-order valence-electron chi connectivity index (χ1n) is 6.86. The molecule has 0 aliphatic carbocycles. The number of piperidine rings is 1. The maximum atomic E-state index is 12.3. The van der Waals surface area contributed by atoms with Gasteiger partial charge in [-0.05, 0) is 31.3 Å². The van der Waals surface area contributed by atoms with Crippen LogP contribution in [0.2, 0.25) is 0 Å². The Morgan fingerprint density at radius 1 is 1.52 bits per heavy atom. The molecular formula is C14H22ClN3O2S. The van der Waals surface area contributed by atoms with Crippen LogP contribution in [-0.4, -0.2) is 61.4 Å². The van der Waals surface area contributed by atoms with Gasteiger partial charge in [0.05, 0.1) is 11.4 Å². The van der Waals surface area contributed by atoms with E-state index < -0.39 is 0 Å². The van der Waals surface area contributed by atoms with Crippen molar-refractivity contribution in [2.75, 3.05) is 33.7 Å². The summed E-state index contributed by atoms with van der Waals surface area (Å²) in [5, 5.41) is 5.08. The summed E-state index contributed by atoms with van der Waals surface area (Å²) in [4.78, 5) is 28.4. The highest BCUT2D eigenvalue weighted by molar-refractivity contribution is 7.12. The fraction of sp³-hybridized carbons (Fsp3) is 0.571. The van der Waals surface area contributed by atoms with E-state index in [0.29, 0.717) is 10.9 Å². The molecule has 1 aliphatic heterocycles. The molecule has 1 aromatic rings. The number of hydrogen-bond donors (Lipinski definition) is 1. The Labute approximate surface area is 135 Å². The highest BCUT2D eigenvalue weighted by Gasteiger charge is 2.24. The minimum Gasteiger partial charge on any atom is -0.340 e. The molecule has 0 bridgehead atoms. The van der Waals surface area contributed by atoms with E-state index in [-0.39, 0.29) is 30.8 Å². The summed E-state index contributed by atoms with van der Waals surface area (Å²) in [7, 11) is 3.60. The summed E-state index contributed by atoms with van der Waals surface area (Å²) < 4.78 is 0. The molecule has 1 aliphatic rings. The van der Waals surface area contributed by atoms with Crippen molar-refractivity contribution >= 4 is 35.6 Å². The van der Waals surface area contributed by atoms with Crippen molar-refractivity contribution in [1.29, 1.82) is 0 Å². The van der Waals surface area contributed by atoms with Crippen LogP contribution in [0, 0.1) is 0 Å². The number of thiophene rings is 1. The molecule has 1 N–H and O–H groups in total. The number of halogens is 1. The topological polar surface area (TPSA) is 52.7 Å². The molecule has 118 valence electrons. The van der Waals surface area contributed by atoms with Gasteiger partial charge in [0.25, 0.3) is 5.91 Å². The molecule has 1 unspecified atom stereocenters. The van der Waals surface area contributed by atoms with Crippen LogP contribution in [0.4, 0.5) is 0 Å². The minimum absolute atomic E-state index is 0. The zero-order valence-corrected chi connectivity index (χ0v) is 14.0. The molecule has 2 heterocycles. The van der Waals surface area contributed by atoms with E-state index in [0.717, 1.165) is 25.9 Å². The van der Waals surface area contributed by atoms with Gasteiger partial charge in [0, 0.05) is 26.2 Å². The number of nitrogens with zero attached hydrogens (tertiary/aromatic N) is 2. The van der Waals surface area contributed by atoms with Gasteiger partial charge in [0.1, 0.15) is 0 Å². The Hall–Kier alpha value is -1.11. The lowest BCUT2D eigenvalue weighted by atomic mass is 10.1. The summed E-state index contributed by atoms with van der Waals surface area (Å²) in [6.07, 6.45) is 2.12. The fourth-order valence-electron chi connectivity index (χ4n) is 2.40. The van der Waals surface area contributed by atoms with E-state index in [9.17, 15) is 9.59 Å². The Balaban J connectivity index is 0.00000220. The Morgan fingerprint density at radius 3 is 2.90 bits per heavy atom. The molecular weight excluding hydrogens is 310 g/mol. The van der Waals surface area contributed by atoms with Gasteiger partial charge in [0.2, 0.25) is 5.91 Å². The van der Waals surface area contributed by atoms with Crippen LogP contribution in [-0.2, 0) is 4.79 Å². The number of rotatable bonds is 4. The lowest BCUT2D eigenvalue weighted by Crippen LogP contribution is -2.50. The van der Waals surface area contributed by atoms with Gasteiger partial charge in [-0.3, -0.25) is 9.59 Å². The van der Waals surface area contributed by atoms with E-state index >= 15 is 0 Å². The monoisotopic (exact) mass is 331 g/mol. The van der Waals surface area contributed by atoms with Crippen LogP contribution in [0.15, 0.2) is 17.5 Å². The van der Waals surface area contributed by atoms with Crippen molar-refractivity contribution in [3.05, 3.63) is 22.4 Å². The number of carbonyl (C=O) groups is 2. The number of carbonyl (C=O) groups excluding carboxylic acids is 2. The molecule has 0 aromatic carbocycles. The summed E-state index contributed by atoms with van der Waals surface area (Å²) in [6.45, 7) is 1.67. The molecule has 21 heavy (non-hydrogen) atoms. The highest BCUT2D eigenvalue weighted by atomic mass is 35.5. The van der Waals surface area contributed by atoms with E-state index in [1.807, 2.05) is 23.4 Å². The molecule has 1 fully saturated rings. The number of amides is 2. The van der Waals surface area contributed by atoms with Crippen LogP contribution < -0.4 is 5.32 Å². The summed E-state index contributed by atoms with van der Waals surface area (Å²) in [5.41, 5.74) is 0. The average Bonchev–Trinajstić information content (AvgIpc) is 3.00. The maximum absolute atomic E-state index is 12.3. The van der Waals surface area contributed by atoms with Crippen molar-refractivity contribution in [3.8, 4) is 0 Å². The third-order valence-electron chi connectivity index (χ3n) is 3.63. The SMILES string of the molecule is CNC1CCCN(C(=O)CN(C)C(=O)c2cccs2)C1.Cl. The predicted molar refractivity (Wildman–Crippen MR) is 87.2 cm³/mol. The van der Waals surface area contributed by atoms with Crippen molar-refractivity contribution < 1.29 is 9.59 Å². The predicted octanol–water partition coefficient (Wildman–Crippen LogP) is 1.45. The first-order chi connectivity index (χ1) is 9.61. The molecule has 0 saturated carbocycles. The molecule has 7 heteroatoms. The fourth-order valence-corrected chi connectivity index (χ4v) is 3.12. The second-order valence-electron chi connectivity index (χ2n) is 5.11. The highest BCUT2D eigenvalue weighted by Crippen LogP contribution is 2.13. The van der Waals surface area contributed by atoms with Crippen molar-refractivity contribution in [3.63, 3.8) is 0 Å². The van der Waals surface area contributed by atoms with E-state index in [2.05, 4.69) is 5.32 Å². The second kappa shape index (κ2) is 8.36.